The van der Waals surface area contributed by atoms with E-state index < -0.39 is 33.9 Å². The van der Waals surface area contributed by atoms with Gasteiger partial charge >= 0.3 is 0 Å². The Hall–Kier alpha value is -2.92. The lowest BCUT2D eigenvalue weighted by molar-refractivity contribution is -0.129. The second-order valence-corrected chi connectivity index (χ2v) is 12.1. The molecule has 0 unspecified atom stereocenters. The molecule has 0 spiro atoms. The highest BCUT2D eigenvalue weighted by molar-refractivity contribution is 7.88. The average Bonchev–Trinajstić information content (AvgIpc) is 3.53. The van der Waals surface area contributed by atoms with Gasteiger partial charge in [0.25, 0.3) is 5.91 Å². The number of carbonyl (C=O) groups excluding carboxylic acids is 2. The number of oxazole rings is 1. The summed E-state index contributed by atoms with van der Waals surface area (Å²) < 4.78 is 31.4. The maximum Gasteiger partial charge on any atom is 0.276 e. The van der Waals surface area contributed by atoms with Crippen LogP contribution in [0.1, 0.15) is 36.6 Å². The molecule has 3 atom stereocenters. The van der Waals surface area contributed by atoms with E-state index in [0.717, 1.165) is 36.7 Å². The molecule has 3 saturated heterocycles. The van der Waals surface area contributed by atoms with Gasteiger partial charge in [0.05, 0.1) is 30.8 Å². The van der Waals surface area contributed by atoms with E-state index in [1.54, 1.807) is 4.90 Å². The van der Waals surface area contributed by atoms with Crippen molar-refractivity contribution in [1.82, 2.24) is 19.1 Å². The molecule has 2 aromatic rings. The Morgan fingerprint density at radius 3 is 2.44 bits per heavy atom. The molecule has 3 aliphatic heterocycles. The first-order valence-electron chi connectivity index (χ1n) is 12.5. The average molecular weight is 516 g/mol. The number of amides is 2. The smallest absolute Gasteiger partial charge is 0.276 e. The number of carbonyl (C=O) groups is 2. The summed E-state index contributed by atoms with van der Waals surface area (Å²) in [5.74, 6) is -0.936. The van der Waals surface area contributed by atoms with Crippen LogP contribution in [0.3, 0.4) is 0 Å². The second kappa shape index (κ2) is 9.51. The van der Waals surface area contributed by atoms with Gasteiger partial charge in [-0.25, -0.2) is 17.7 Å². The van der Waals surface area contributed by atoms with E-state index in [4.69, 9.17) is 4.42 Å². The third-order valence-corrected chi connectivity index (χ3v) is 8.72. The molecule has 1 aromatic carbocycles. The van der Waals surface area contributed by atoms with Gasteiger partial charge in [0, 0.05) is 38.4 Å². The van der Waals surface area contributed by atoms with Crippen LogP contribution in [0.15, 0.2) is 41.0 Å². The Morgan fingerprint density at radius 2 is 1.81 bits per heavy atom. The number of hydrogen-bond donors (Lipinski definition) is 0. The third kappa shape index (κ3) is 4.50. The van der Waals surface area contributed by atoms with Gasteiger partial charge in [0.1, 0.15) is 6.26 Å². The van der Waals surface area contributed by atoms with Crippen molar-refractivity contribution in [2.24, 2.45) is 11.8 Å². The molecule has 0 radical (unpaired) electrons. The van der Waals surface area contributed by atoms with E-state index in [1.807, 2.05) is 32.0 Å². The van der Waals surface area contributed by atoms with Gasteiger partial charge in [-0.1, -0.05) is 32.0 Å². The summed E-state index contributed by atoms with van der Waals surface area (Å²) in [6, 6.07) is 9.29. The van der Waals surface area contributed by atoms with Gasteiger partial charge in [-0.05, 0) is 24.5 Å². The molecule has 0 saturated carbocycles. The van der Waals surface area contributed by atoms with Crippen molar-refractivity contribution in [3.05, 3.63) is 48.2 Å². The number of hydrogen-bond acceptors (Lipinski definition) is 8. The standard InChI is InChI=1S/C25H33N5O5S/c1-17(2)22-23-20(30(25(22)32)36(3,33)34)9-10-29(23)24(31)19-16-35-21(26-19)15-27-11-13-28(14-12-27)18-7-5-4-6-8-18/h4-8,16-17,20,22-23H,9-15H2,1-3H3/t20-,22-,23-/m0/s1. The van der Waals surface area contributed by atoms with Gasteiger partial charge in [0.15, 0.2) is 5.69 Å². The Balaban J connectivity index is 1.25. The fourth-order valence-corrected chi connectivity index (χ4v) is 7.06. The highest BCUT2D eigenvalue weighted by Gasteiger charge is 2.58. The Bertz CT molecular complexity index is 1220. The number of likely N-dealkylation sites (tertiary alicyclic amines) is 1. The number of fused-ring (bicyclic) bond motifs is 1. The van der Waals surface area contributed by atoms with E-state index in [1.165, 1.54) is 12.0 Å². The summed E-state index contributed by atoms with van der Waals surface area (Å²) in [7, 11) is -3.72. The van der Waals surface area contributed by atoms with Gasteiger partial charge < -0.3 is 14.2 Å². The number of nitrogens with zero attached hydrogens (tertiary/aromatic N) is 5. The van der Waals surface area contributed by atoms with Gasteiger partial charge in [0.2, 0.25) is 21.8 Å². The molecule has 1 aromatic heterocycles. The van der Waals surface area contributed by atoms with Crippen LogP contribution in [-0.4, -0.2) is 90.4 Å². The minimum Gasteiger partial charge on any atom is -0.447 e. The maximum absolute atomic E-state index is 13.4. The number of anilines is 1. The van der Waals surface area contributed by atoms with Crippen LogP contribution in [0, 0.1) is 11.8 Å². The molecule has 3 aliphatic rings. The van der Waals surface area contributed by atoms with Crippen molar-refractivity contribution >= 4 is 27.5 Å². The first kappa shape index (κ1) is 24.8. The molecule has 0 N–H and O–H groups in total. The molecule has 3 fully saturated rings. The number of aromatic nitrogens is 1. The summed E-state index contributed by atoms with van der Waals surface area (Å²) in [6.45, 7) is 8.17. The van der Waals surface area contributed by atoms with Crippen LogP contribution in [0.2, 0.25) is 0 Å². The lowest BCUT2D eigenvalue weighted by Crippen LogP contribution is -2.46. The maximum atomic E-state index is 13.4. The Morgan fingerprint density at radius 1 is 1.11 bits per heavy atom. The largest absolute Gasteiger partial charge is 0.447 e. The summed E-state index contributed by atoms with van der Waals surface area (Å²) >= 11 is 0. The molecule has 0 aliphatic carbocycles. The third-order valence-electron chi connectivity index (χ3n) is 7.55. The Kier molecular flexibility index (Phi) is 6.54. The van der Waals surface area contributed by atoms with Crippen LogP contribution in [0.4, 0.5) is 5.69 Å². The van der Waals surface area contributed by atoms with Gasteiger partial charge in [-0.3, -0.25) is 14.5 Å². The molecule has 36 heavy (non-hydrogen) atoms. The summed E-state index contributed by atoms with van der Waals surface area (Å²) in [6.07, 6.45) is 2.86. The highest BCUT2D eigenvalue weighted by atomic mass is 32.2. The summed E-state index contributed by atoms with van der Waals surface area (Å²) in [5.41, 5.74) is 1.41. The van der Waals surface area contributed by atoms with Crippen LogP contribution in [-0.2, 0) is 21.4 Å². The fraction of sp³-hybridized carbons (Fsp3) is 0.560. The molecular formula is C25H33N5O5S. The van der Waals surface area contributed by atoms with E-state index >= 15 is 0 Å². The molecule has 5 rings (SSSR count). The van der Waals surface area contributed by atoms with Crippen molar-refractivity contribution in [2.45, 2.75) is 38.9 Å². The number of benzene rings is 1. The minimum atomic E-state index is -3.72. The molecule has 4 heterocycles. The first-order chi connectivity index (χ1) is 17.1. The predicted octanol–water partition coefficient (Wildman–Crippen LogP) is 1.65. The monoisotopic (exact) mass is 515 g/mol. The van der Waals surface area contributed by atoms with Crippen molar-refractivity contribution in [3.63, 3.8) is 0 Å². The summed E-state index contributed by atoms with van der Waals surface area (Å²) in [5, 5.41) is 0. The molecule has 2 amide bonds. The summed E-state index contributed by atoms with van der Waals surface area (Å²) in [4.78, 5) is 37.1. The molecule has 194 valence electrons. The van der Waals surface area contributed by atoms with E-state index in [-0.39, 0.29) is 17.5 Å². The lowest BCUT2D eigenvalue weighted by Gasteiger charge is -2.35. The first-order valence-corrected chi connectivity index (χ1v) is 14.3. The molecule has 0 bridgehead atoms. The molecule has 11 heteroatoms. The number of para-hydroxylation sites is 1. The molecule has 10 nitrogen and oxygen atoms in total. The SMILES string of the molecule is CC(C)[C@@H]1C(=O)N(S(C)(=O)=O)[C@H]2CCN(C(=O)c3coc(CN4CCN(c5ccccc5)CC4)n3)[C@H]12. The van der Waals surface area contributed by atoms with E-state index in [0.29, 0.717) is 25.4 Å². The lowest BCUT2D eigenvalue weighted by atomic mass is 9.88. The Labute approximate surface area is 211 Å². The van der Waals surface area contributed by atoms with Crippen LogP contribution in [0.25, 0.3) is 0 Å². The van der Waals surface area contributed by atoms with Gasteiger partial charge in [-0.15, -0.1) is 0 Å². The number of sulfonamides is 1. The highest BCUT2D eigenvalue weighted by Crippen LogP contribution is 2.41. The zero-order chi connectivity index (χ0) is 25.6. The van der Waals surface area contributed by atoms with E-state index in [9.17, 15) is 18.0 Å². The predicted molar refractivity (Wildman–Crippen MR) is 134 cm³/mol. The van der Waals surface area contributed by atoms with Crippen molar-refractivity contribution in [3.8, 4) is 0 Å². The number of rotatable bonds is 6. The topological polar surface area (TPSA) is 107 Å². The quantitative estimate of drug-likeness (QED) is 0.572. The van der Waals surface area contributed by atoms with Crippen molar-refractivity contribution in [1.29, 1.82) is 0 Å². The van der Waals surface area contributed by atoms with E-state index in [2.05, 4.69) is 26.9 Å². The zero-order valence-corrected chi connectivity index (χ0v) is 21.7. The fourth-order valence-electron chi connectivity index (χ4n) is 5.89. The van der Waals surface area contributed by atoms with Crippen molar-refractivity contribution < 1.29 is 22.4 Å². The van der Waals surface area contributed by atoms with Crippen LogP contribution >= 0.6 is 0 Å². The minimum absolute atomic E-state index is 0.104. The van der Waals surface area contributed by atoms with Gasteiger partial charge in [-0.2, -0.15) is 0 Å². The van der Waals surface area contributed by atoms with Crippen LogP contribution < -0.4 is 4.90 Å². The number of piperazine rings is 1. The second-order valence-electron chi connectivity index (χ2n) is 10.2. The zero-order valence-electron chi connectivity index (χ0n) is 20.9. The molecular weight excluding hydrogens is 482 g/mol. The van der Waals surface area contributed by atoms with Crippen molar-refractivity contribution in [2.75, 3.05) is 43.9 Å². The van der Waals surface area contributed by atoms with Crippen LogP contribution in [0.5, 0.6) is 0 Å². The normalized spacial score (nSPS) is 25.2.